The standard InChI is InChI=1S/C11H13NO2S/c1-7-5-10-4-3-9(8(2)12)6-11(10)15(7,13)14/h3-6,8H,12H2,1-2H3. The van der Waals surface area contributed by atoms with Gasteiger partial charge in [0.2, 0.25) is 9.84 Å². The minimum Gasteiger partial charge on any atom is -0.324 e. The van der Waals surface area contributed by atoms with Gasteiger partial charge in [0.15, 0.2) is 0 Å². The average molecular weight is 223 g/mol. The van der Waals surface area contributed by atoms with Gasteiger partial charge in [0.05, 0.1) is 4.90 Å². The Kier molecular flexibility index (Phi) is 2.20. The number of allylic oxidation sites excluding steroid dienone is 1. The first-order valence-electron chi connectivity index (χ1n) is 4.76. The molecular formula is C11H13NO2S. The van der Waals surface area contributed by atoms with Crippen LogP contribution in [0, 0.1) is 0 Å². The van der Waals surface area contributed by atoms with Crippen molar-refractivity contribution in [2.24, 2.45) is 5.73 Å². The van der Waals surface area contributed by atoms with Gasteiger partial charge in [-0.05, 0) is 37.1 Å². The van der Waals surface area contributed by atoms with Crippen molar-refractivity contribution in [3.63, 3.8) is 0 Å². The molecule has 15 heavy (non-hydrogen) atoms. The van der Waals surface area contributed by atoms with E-state index in [1.165, 1.54) is 0 Å². The van der Waals surface area contributed by atoms with Crippen LogP contribution in [0.2, 0.25) is 0 Å². The van der Waals surface area contributed by atoms with Crippen molar-refractivity contribution in [1.82, 2.24) is 0 Å². The molecule has 0 fully saturated rings. The van der Waals surface area contributed by atoms with E-state index in [1.807, 2.05) is 19.1 Å². The van der Waals surface area contributed by atoms with Crippen molar-refractivity contribution in [3.05, 3.63) is 34.2 Å². The summed E-state index contributed by atoms with van der Waals surface area (Å²) in [5.41, 5.74) is 7.33. The SMILES string of the molecule is CC1=Cc2ccc(C(C)N)cc2S1(=O)=O. The molecule has 1 aliphatic rings. The second-order valence-electron chi connectivity index (χ2n) is 3.84. The van der Waals surface area contributed by atoms with Gasteiger partial charge in [-0.3, -0.25) is 0 Å². The van der Waals surface area contributed by atoms with Crippen molar-refractivity contribution in [1.29, 1.82) is 0 Å². The lowest BCUT2D eigenvalue weighted by atomic mass is 10.1. The Morgan fingerprint density at radius 3 is 2.60 bits per heavy atom. The summed E-state index contributed by atoms with van der Waals surface area (Å²) in [5, 5.41) is 0. The second-order valence-corrected chi connectivity index (χ2v) is 5.94. The highest BCUT2D eigenvalue weighted by atomic mass is 32.2. The van der Waals surface area contributed by atoms with Gasteiger partial charge in [-0.1, -0.05) is 12.1 Å². The van der Waals surface area contributed by atoms with E-state index in [1.54, 1.807) is 19.1 Å². The Labute approximate surface area is 89.5 Å². The van der Waals surface area contributed by atoms with E-state index in [0.717, 1.165) is 11.1 Å². The molecule has 4 heteroatoms. The van der Waals surface area contributed by atoms with E-state index in [-0.39, 0.29) is 6.04 Å². The minimum atomic E-state index is -3.23. The summed E-state index contributed by atoms with van der Waals surface area (Å²) < 4.78 is 23.7. The lowest BCUT2D eigenvalue weighted by molar-refractivity contribution is 0.603. The molecule has 0 saturated carbocycles. The van der Waals surface area contributed by atoms with E-state index in [0.29, 0.717) is 9.80 Å². The summed E-state index contributed by atoms with van der Waals surface area (Å²) in [7, 11) is -3.23. The van der Waals surface area contributed by atoms with Gasteiger partial charge in [0.1, 0.15) is 0 Å². The lowest BCUT2D eigenvalue weighted by Crippen LogP contribution is -2.06. The van der Waals surface area contributed by atoms with Crippen LogP contribution in [0.3, 0.4) is 0 Å². The highest BCUT2D eigenvalue weighted by Gasteiger charge is 2.26. The maximum atomic E-state index is 11.8. The smallest absolute Gasteiger partial charge is 0.203 e. The molecule has 0 bridgehead atoms. The number of hydrogen-bond acceptors (Lipinski definition) is 3. The molecule has 1 aromatic carbocycles. The number of rotatable bonds is 1. The molecular weight excluding hydrogens is 210 g/mol. The largest absolute Gasteiger partial charge is 0.324 e. The molecule has 1 aromatic rings. The van der Waals surface area contributed by atoms with Crippen LogP contribution < -0.4 is 5.73 Å². The summed E-state index contributed by atoms with van der Waals surface area (Å²) >= 11 is 0. The first-order chi connectivity index (χ1) is 6.93. The lowest BCUT2D eigenvalue weighted by Gasteiger charge is -2.07. The van der Waals surface area contributed by atoms with Crippen molar-refractivity contribution in [2.45, 2.75) is 24.8 Å². The molecule has 3 nitrogen and oxygen atoms in total. The average Bonchev–Trinajstić information content (AvgIpc) is 2.38. The zero-order valence-corrected chi connectivity index (χ0v) is 9.51. The number of hydrogen-bond donors (Lipinski definition) is 1. The Morgan fingerprint density at radius 1 is 1.33 bits per heavy atom. The van der Waals surface area contributed by atoms with E-state index in [2.05, 4.69) is 0 Å². The molecule has 2 N–H and O–H groups in total. The quantitative estimate of drug-likeness (QED) is 0.790. The van der Waals surface area contributed by atoms with Gasteiger partial charge in [0.25, 0.3) is 0 Å². The fourth-order valence-corrected chi connectivity index (χ4v) is 3.01. The van der Waals surface area contributed by atoms with Gasteiger partial charge >= 0.3 is 0 Å². The van der Waals surface area contributed by atoms with Crippen LogP contribution in [-0.4, -0.2) is 8.42 Å². The zero-order chi connectivity index (χ0) is 11.2. The number of sulfone groups is 1. The molecule has 0 saturated heterocycles. The third-order valence-electron chi connectivity index (χ3n) is 2.64. The van der Waals surface area contributed by atoms with Crippen LogP contribution in [0.1, 0.15) is 31.0 Å². The van der Waals surface area contributed by atoms with Crippen molar-refractivity contribution in [3.8, 4) is 0 Å². The summed E-state index contributed by atoms with van der Waals surface area (Å²) in [5.74, 6) is 0. The van der Waals surface area contributed by atoms with Crippen LogP contribution in [0.15, 0.2) is 28.0 Å². The highest BCUT2D eigenvalue weighted by molar-refractivity contribution is 7.95. The third-order valence-corrected chi connectivity index (χ3v) is 4.53. The van der Waals surface area contributed by atoms with Crippen LogP contribution >= 0.6 is 0 Å². The molecule has 1 unspecified atom stereocenters. The minimum absolute atomic E-state index is 0.147. The Hall–Kier alpha value is -1.13. The summed E-state index contributed by atoms with van der Waals surface area (Å²) in [6.07, 6.45) is 1.69. The maximum absolute atomic E-state index is 11.8. The first kappa shape index (κ1) is 10.4. The molecule has 0 spiro atoms. The van der Waals surface area contributed by atoms with Crippen LogP contribution in [0.4, 0.5) is 0 Å². The van der Waals surface area contributed by atoms with Gasteiger partial charge in [-0.25, -0.2) is 8.42 Å². The van der Waals surface area contributed by atoms with Crippen LogP contribution in [0.5, 0.6) is 0 Å². The molecule has 80 valence electrons. The molecule has 0 aromatic heterocycles. The predicted molar refractivity (Wildman–Crippen MR) is 59.9 cm³/mol. The Balaban J connectivity index is 2.66. The fraction of sp³-hybridized carbons (Fsp3) is 0.273. The topological polar surface area (TPSA) is 60.2 Å². The normalized spacial score (nSPS) is 19.5. The summed E-state index contributed by atoms with van der Waals surface area (Å²) in [4.78, 5) is 0.786. The molecule has 1 aliphatic heterocycles. The van der Waals surface area contributed by atoms with Crippen molar-refractivity contribution >= 4 is 15.9 Å². The Morgan fingerprint density at radius 2 is 2.00 bits per heavy atom. The highest BCUT2D eigenvalue weighted by Crippen LogP contribution is 2.33. The summed E-state index contributed by atoms with van der Waals surface area (Å²) in [6.45, 7) is 3.45. The number of nitrogens with two attached hydrogens (primary N) is 1. The Bertz CT molecular complexity index is 542. The zero-order valence-electron chi connectivity index (χ0n) is 8.69. The van der Waals surface area contributed by atoms with Gasteiger partial charge in [-0.15, -0.1) is 0 Å². The molecule has 0 aliphatic carbocycles. The molecule has 1 atom stereocenters. The van der Waals surface area contributed by atoms with Crippen molar-refractivity contribution in [2.75, 3.05) is 0 Å². The number of benzene rings is 1. The van der Waals surface area contributed by atoms with E-state index >= 15 is 0 Å². The second kappa shape index (κ2) is 3.18. The van der Waals surface area contributed by atoms with Gasteiger partial charge in [0, 0.05) is 10.9 Å². The van der Waals surface area contributed by atoms with E-state index < -0.39 is 9.84 Å². The van der Waals surface area contributed by atoms with Crippen LogP contribution in [0.25, 0.3) is 6.08 Å². The third kappa shape index (κ3) is 1.50. The van der Waals surface area contributed by atoms with E-state index in [9.17, 15) is 8.42 Å². The van der Waals surface area contributed by atoms with E-state index in [4.69, 9.17) is 5.73 Å². The molecule has 1 heterocycles. The first-order valence-corrected chi connectivity index (χ1v) is 6.24. The van der Waals surface area contributed by atoms with Gasteiger partial charge in [-0.2, -0.15) is 0 Å². The van der Waals surface area contributed by atoms with Crippen LogP contribution in [-0.2, 0) is 9.84 Å². The molecule has 0 radical (unpaired) electrons. The monoisotopic (exact) mass is 223 g/mol. The van der Waals surface area contributed by atoms with Gasteiger partial charge < -0.3 is 5.73 Å². The summed E-state index contributed by atoms with van der Waals surface area (Å²) in [6, 6.07) is 5.20. The maximum Gasteiger partial charge on any atom is 0.203 e. The molecule has 2 rings (SSSR count). The fourth-order valence-electron chi connectivity index (χ4n) is 1.66. The predicted octanol–water partition coefficient (Wildman–Crippen LogP) is 1.85. The molecule has 0 amide bonds. The van der Waals surface area contributed by atoms with Crippen molar-refractivity contribution < 1.29 is 8.42 Å². The number of fused-ring (bicyclic) bond motifs is 1.